The summed E-state index contributed by atoms with van der Waals surface area (Å²) in [5, 5.41) is 0.143. The minimum Gasteiger partial charge on any atom is -0.380 e. The fourth-order valence-electron chi connectivity index (χ4n) is 0.796. The van der Waals surface area contributed by atoms with Crippen LogP contribution in [0.2, 0.25) is 5.02 Å². The summed E-state index contributed by atoms with van der Waals surface area (Å²) < 4.78 is 17.5. The van der Waals surface area contributed by atoms with Crippen molar-refractivity contribution < 1.29 is 9.13 Å². The number of benzene rings is 1. The lowest BCUT2D eigenvalue weighted by Gasteiger charge is -1.99. The van der Waals surface area contributed by atoms with Crippen molar-refractivity contribution in [2.45, 2.75) is 6.61 Å². The van der Waals surface area contributed by atoms with E-state index in [1.54, 1.807) is 13.2 Å². The largest absolute Gasteiger partial charge is 0.380 e. The number of hydrogen-bond donors (Lipinski definition) is 0. The first-order valence-electron chi connectivity index (χ1n) is 3.17. The fourth-order valence-corrected chi connectivity index (χ4v) is 0.914. The molecular formula is C8H8ClFO. The van der Waals surface area contributed by atoms with Crippen molar-refractivity contribution in [1.29, 1.82) is 0 Å². The molecule has 0 aliphatic heterocycles. The number of halogens is 2. The molecule has 0 atom stereocenters. The Morgan fingerprint density at radius 3 is 2.82 bits per heavy atom. The van der Waals surface area contributed by atoms with E-state index >= 15 is 0 Å². The van der Waals surface area contributed by atoms with Crippen molar-refractivity contribution in [3.63, 3.8) is 0 Å². The standard InChI is InChI=1S/C8H8ClFO/c1-11-5-6-2-3-7(9)8(10)4-6/h2-4H,5H2,1H3. The minimum atomic E-state index is -0.402. The fraction of sp³-hybridized carbons (Fsp3) is 0.250. The highest BCUT2D eigenvalue weighted by Crippen LogP contribution is 2.15. The van der Waals surface area contributed by atoms with Gasteiger partial charge in [0, 0.05) is 7.11 Å². The van der Waals surface area contributed by atoms with Crippen molar-refractivity contribution in [1.82, 2.24) is 0 Å². The molecule has 0 fully saturated rings. The molecule has 0 aliphatic rings. The molecule has 1 aromatic rings. The van der Waals surface area contributed by atoms with Crippen LogP contribution in [0.3, 0.4) is 0 Å². The maximum atomic E-state index is 12.7. The van der Waals surface area contributed by atoms with Gasteiger partial charge in [-0.3, -0.25) is 0 Å². The monoisotopic (exact) mass is 174 g/mol. The first kappa shape index (κ1) is 8.50. The van der Waals surface area contributed by atoms with Crippen LogP contribution in [0.25, 0.3) is 0 Å². The average Bonchev–Trinajstić information content (AvgIpc) is 1.98. The van der Waals surface area contributed by atoms with Crippen molar-refractivity contribution in [3.05, 3.63) is 34.6 Å². The van der Waals surface area contributed by atoms with E-state index in [0.29, 0.717) is 6.61 Å². The zero-order chi connectivity index (χ0) is 8.27. The third kappa shape index (κ3) is 2.17. The van der Waals surface area contributed by atoms with E-state index in [1.807, 2.05) is 0 Å². The Morgan fingerprint density at radius 2 is 2.27 bits per heavy atom. The van der Waals surface area contributed by atoms with E-state index < -0.39 is 5.82 Å². The van der Waals surface area contributed by atoms with E-state index in [4.69, 9.17) is 16.3 Å². The van der Waals surface area contributed by atoms with E-state index in [2.05, 4.69) is 0 Å². The highest BCUT2D eigenvalue weighted by atomic mass is 35.5. The number of methoxy groups -OCH3 is 1. The molecule has 0 N–H and O–H groups in total. The predicted molar refractivity (Wildman–Crippen MR) is 42.1 cm³/mol. The second-order valence-corrected chi connectivity index (χ2v) is 2.59. The number of rotatable bonds is 2. The van der Waals surface area contributed by atoms with Crippen LogP contribution in [0.15, 0.2) is 18.2 Å². The third-order valence-electron chi connectivity index (χ3n) is 1.30. The highest BCUT2D eigenvalue weighted by Gasteiger charge is 1.99. The van der Waals surface area contributed by atoms with Crippen molar-refractivity contribution in [3.8, 4) is 0 Å². The third-order valence-corrected chi connectivity index (χ3v) is 1.60. The molecule has 3 heteroatoms. The second kappa shape index (κ2) is 3.69. The molecule has 0 saturated heterocycles. The molecule has 0 heterocycles. The summed E-state index contributed by atoms with van der Waals surface area (Å²) in [7, 11) is 1.56. The van der Waals surface area contributed by atoms with E-state index in [9.17, 15) is 4.39 Å². The maximum absolute atomic E-state index is 12.7. The van der Waals surface area contributed by atoms with Gasteiger partial charge in [-0.25, -0.2) is 4.39 Å². The van der Waals surface area contributed by atoms with Crippen LogP contribution in [0.4, 0.5) is 4.39 Å². The van der Waals surface area contributed by atoms with Crippen LogP contribution in [0, 0.1) is 5.82 Å². The van der Waals surface area contributed by atoms with Gasteiger partial charge in [-0.05, 0) is 17.7 Å². The second-order valence-electron chi connectivity index (χ2n) is 2.18. The smallest absolute Gasteiger partial charge is 0.142 e. The quantitative estimate of drug-likeness (QED) is 0.670. The molecule has 60 valence electrons. The number of ether oxygens (including phenoxy) is 1. The van der Waals surface area contributed by atoms with Crippen LogP contribution in [-0.4, -0.2) is 7.11 Å². The molecule has 0 amide bonds. The SMILES string of the molecule is COCc1ccc(Cl)c(F)c1. The summed E-state index contributed by atoms with van der Waals surface area (Å²) in [6.45, 7) is 0.411. The van der Waals surface area contributed by atoms with Gasteiger partial charge in [0.05, 0.1) is 11.6 Å². The Bertz CT molecular complexity index is 250. The molecule has 11 heavy (non-hydrogen) atoms. The molecule has 0 spiro atoms. The highest BCUT2D eigenvalue weighted by molar-refractivity contribution is 6.30. The van der Waals surface area contributed by atoms with Crippen molar-refractivity contribution in [2.24, 2.45) is 0 Å². The van der Waals surface area contributed by atoms with E-state index in [0.717, 1.165) is 5.56 Å². The molecule has 0 saturated carbocycles. The van der Waals surface area contributed by atoms with Gasteiger partial charge in [-0.15, -0.1) is 0 Å². The van der Waals surface area contributed by atoms with E-state index in [1.165, 1.54) is 12.1 Å². The van der Waals surface area contributed by atoms with Gasteiger partial charge >= 0.3 is 0 Å². The molecular weight excluding hydrogens is 167 g/mol. The maximum Gasteiger partial charge on any atom is 0.142 e. The Balaban J connectivity index is 2.86. The van der Waals surface area contributed by atoms with Gasteiger partial charge in [-0.1, -0.05) is 17.7 Å². The minimum absolute atomic E-state index is 0.143. The summed E-state index contributed by atoms with van der Waals surface area (Å²) in [5.74, 6) is -0.402. The molecule has 0 aromatic heterocycles. The van der Waals surface area contributed by atoms with Gasteiger partial charge < -0.3 is 4.74 Å². The lowest BCUT2D eigenvalue weighted by atomic mass is 10.2. The van der Waals surface area contributed by atoms with Crippen LogP contribution in [0.1, 0.15) is 5.56 Å². The Hall–Kier alpha value is -0.600. The van der Waals surface area contributed by atoms with Crippen LogP contribution < -0.4 is 0 Å². The summed E-state index contributed by atoms with van der Waals surface area (Å²) in [6.07, 6.45) is 0. The molecule has 0 bridgehead atoms. The molecule has 0 unspecified atom stereocenters. The summed E-state index contributed by atoms with van der Waals surface area (Å²) in [5.41, 5.74) is 0.786. The predicted octanol–water partition coefficient (Wildman–Crippen LogP) is 2.63. The Morgan fingerprint density at radius 1 is 1.55 bits per heavy atom. The normalized spacial score (nSPS) is 10.1. The molecule has 1 nitrogen and oxygen atoms in total. The molecule has 0 radical (unpaired) electrons. The lowest BCUT2D eigenvalue weighted by Crippen LogP contribution is -1.88. The summed E-state index contributed by atoms with van der Waals surface area (Å²) in [6, 6.07) is 4.62. The zero-order valence-electron chi connectivity index (χ0n) is 6.10. The van der Waals surface area contributed by atoms with Crippen molar-refractivity contribution >= 4 is 11.6 Å². The molecule has 0 aliphatic carbocycles. The van der Waals surface area contributed by atoms with Crippen LogP contribution in [0.5, 0.6) is 0 Å². The van der Waals surface area contributed by atoms with Gasteiger partial charge in [0.1, 0.15) is 5.82 Å². The average molecular weight is 175 g/mol. The molecule has 1 aromatic carbocycles. The summed E-state index contributed by atoms with van der Waals surface area (Å²) >= 11 is 5.46. The van der Waals surface area contributed by atoms with Gasteiger partial charge in [0.2, 0.25) is 0 Å². The van der Waals surface area contributed by atoms with E-state index in [-0.39, 0.29) is 5.02 Å². The lowest BCUT2D eigenvalue weighted by molar-refractivity contribution is 0.184. The van der Waals surface area contributed by atoms with Crippen molar-refractivity contribution in [2.75, 3.05) is 7.11 Å². The first-order valence-corrected chi connectivity index (χ1v) is 3.54. The topological polar surface area (TPSA) is 9.23 Å². The van der Waals surface area contributed by atoms with Crippen LogP contribution in [-0.2, 0) is 11.3 Å². The van der Waals surface area contributed by atoms with Crippen LogP contribution >= 0.6 is 11.6 Å². The van der Waals surface area contributed by atoms with Gasteiger partial charge in [-0.2, -0.15) is 0 Å². The number of hydrogen-bond acceptors (Lipinski definition) is 1. The Kier molecular flexibility index (Phi) is 2.85. The van der Waals surface area contributed by atoms with Gasteiger partial charge in [0.25, 0.3) is 0 Å². The van der Waals surface area contributed by atoms with Gasteiger partial charge in [0.15, 0.2) is 0 Å². The summed E-state index contributed by atoms with van der Waals surface area (Å²) in [4.78, 5) is 0. The molecule has 1 rings (SSSR count). The zero-order valence-corrected chi connectivity index (χ0v) is 6.86. The Labute approximate surface area is 69.7 Å². The first-order chi connectivity index (χ1) is 5.24.